The number of carbonyl (C=O) groups is 4. The SMILES string of the molecule is O=C(Nc1ncnc2c1cnn2CCN1CCCCCC1)c1ccc(F)cc1.O=COCC(O)(CC(=O)O)OC=O. The van der Waals surface area contributed by atoms with Gasteiger partial charge in [-0.1, -0.05) is 12.8 Å². The molecule has 1 saturated heterocycles. The summed E-state index contributed by atoms with van der Waals surface area (Å²) in [6.45, 7) is 3.09. The molecule has 3 aromatic rings. The third kappa shape index (κ3) is 9.58. The van der Waals surface area contributed by atoms with Crippen LogP contribution in [0.15, 0.2) is 36.8 Å². The van der Waals surface area contributed by atoms with Crippen LogP contribution in [0.5, 0.6) is 0 Å². The van der Waals surface area contributed by atoms with E-state index in [4.69, 9.17) is 5.11 Å². The predicted octanol–water partition coefficient (Wildman–Crippen LogP) is 1.59. The van der Waals surface area contributed by atoms with Crippen LogP contribution in [0.2, 0.25) is 0 Å². The number of ether oxygens (including phenoxy) is 2. The number of benzene rings is 1. The zero-order chi connectivity index (χ0) is 29.7. The van der Waals surface area contributed by atoms with Crippen molar-refractivity contribution in [2.24, 2.45) is 0 Å². The Morgan fingerprint density at radius 3 is 2.39 bits per heavy atom. The fraction of sp³-hybridized carbons (Fsp3) is 0.423. The Kier molecular flexibility index (Phi) is 11.6. The predicted molar refractivity (Wildman–Crippen MR) is 141 cm³/mol. The number of hydrogen-bond donors (Lipinski definition) is 3. The molecule has 3 N–H and O–H groups in total. The Bertz CT molecular complexity index is 1310. The number of carbonyl (C=O) groups excluding carboxylic acids is 3. The Hall–Kier alpha value is -4.50. The van der Waals surface area contributed by atoms with Gasteiger partial charge in [-0.2, -0.15) is 5.10 Å². The second kappa shape index (κ2) is 15.3. The first-order chi connectivity index (χ1) is 19.7. The Labute approximate surface area is 234 Å². The summed E-state index contributed by atoms with van der Waals surface area (Å²) in [5, 5.41) is 25.4. The van der Waals surface area contributed by atoms with Crippen molar-refractivity contribution >= 4 is 41.7 Å². The van der Waals surface area contributed by atoms with Gasteiger partial charge in [-0.15, -0.1) is 0 Å². The van der Waals surface area contributed by atoms with Gasteiger partial charge < -0.3 is 29.9 Å². The second-order valence-electron chi connectivity index (χ2n) is 9.18. The maximum absolute atomic E-state index is 13.1. The highest BCUT2D eigenvalue weighted by Gasteiger charge is 2.33. The van der Waals surface area contributed by atoms with Crippen LogP contribution in [0.1, 0.15) is 42.5 Å². The number of hydrogen-bond acceptors (Lipinski definition) is 11. The number of halogens is 1. The Balaban J connectivity index is 0.000000302. The molecule has 1 aliphatic rings. The summed E-state index contributed by atoms with van der Waals surface area (Å²) >= 11 is 0. The molecular formula is C26H31FN6O8. The van der Waals surface area contributed by atoms with E-state index < -0.39 is 24.8 Å². The first-order valence-corrected chi connectivity index (χ1v) is 12.8. The molecule has 4 rings (SSSR count). The normalized spacial score (nSPS) is 15.0. The van der Waals surface area contributed by atoms with Crippen LogP contribution in [0.4, 0.5) is 10.2 Å². The number of anilines is 1. The number of aromatic nitrogens is 4. The van der Waals surface area contributed by atoms with Gasteiger partial charge in [-0.05, 0) is 50.2 Å². The smallest absolute Gasteiger partial charge is 0.310 e. The maximum Gasteiger partial charge on any atom is 0.310 e. The highest BCUT2D eigenvalue weighted by Crippen LogP contribution is 2.20. The summed E-state index contributed by atoms with van der Waals surface area (Å²) in [5.74, 6) is -4.02. The van der Waals surface area contributed by atoms with E-state index in [2.05, 4.69) is 34.8 Å². The standard InChI is InChI=1S/C20H23FN6O.C6H8O7/c21-16-7-5-15(6-8-16)20(28)25-18-17-13-24-27(19(17)23-14-22-18)12-11-26-9-3-1-2-4-10-26;7-3-12-2-6(11,13-4-8)1-5(9)10/h5-8,13-14H,1-4,9-12H2,(H,22,23,25,28);3-4,11H,1-2H2,(H,9,10). The second-order valence-corrected chi connectivity index (χ2v) is 9.18. The number of carboxylic acids is 1. The molecule has 41 heavy (non-hydrogen) atoms. The van der Waals surface area contributed by atoms with E-state index in [0.717, 1.165) is 26.2 Å². The van der Waals surface area contributed by atoms with Crippen LogP contribution in [-0.4, -0.2) is 91.7 Å². The zero-order valence-corrected chi connectivity index (χ0v) is 22.1. The first kappa shape index (κ1) is 31.0. The number of fused-ring (bicyclic) bond motifs is 1. The Morgan fingerprint density at radius 2 is 1.76 bits per heavy atom. The largest absolute Gasteiger partial charge is 0.481 e. The minimum atomic E-state index is -2.30. The van der Waals surface area contributed by atoms with E-state index in [1.807, 2.05) is 4.68 Å². The fourth-order valence-electron chi connectivity index (χ4n) is 4.15. The summed E-state index contributed by atoms with van der Waals surface area (Å²) in [5.41, 5.74) is 1.06. The quantitative estimate of drug-likeness (QED) is 0.210. The van der Waals surface area contributed by atoms with Gasteiger partial charge in [-0.3, -0.25) is 19.2 Å². The van der Waals surface area contributed by atoms with Gasteiger partial charge in [0, 0.05) is 12.1 Å². The van der Waals surface area contributed by atoms with Crippen molar-refractivity contribution in [3.8, 4) is 0 Å². The van der Waals surface area contributed by atoms with Gasteiger partial charge in [0.15, 0.2) is 12.3 Å². The molecule has 0 radical (unpaired) electrons. The van der Waals surface area contributed by atoms with Crippen molar-refractivity contribution in [1.29, 1.82) is 0 Å². The molecule has 1 aliphatic heterocycles. The van der Waals surface area contributed by atoms with Gasteiger partial charge in [0.2, 0.25) is 0 Å². The molecule has 0 spiro atoms. The maximum atomic E-state index is 13.1. The lowest BCUT2D eigenvalue weighted by atomic mass is 10.2. The number of aliphatic carboxylic acids is 1. The molecule has 220 valence electrons. The molecule has 1 unspecified atom stereocenters. The topological polar surface area (TPSA) is 186 Å². The van der Waals surface area contributed by atoms with E-state index in [9.17, 15) is 28.7 Å². The van der Waals surface area contributed by atoms with E-state index in [0.29, 0.717) is 22.4 Å². The summed E-state index contributed by atoms with van der Waals surface area (Å²) in [7, 11) is 0. The third-order valence-electron chi connectivity index (χ3n) is 6.17. The molecule has 3 heterocycles. The van der Waals surface area contributed by atoms with E-state index in [1.165, 1.54) is 56.3 Å². The molecule has 1 aromatic carbocycles. The summed E-state index contributed by atoms with van der Waals surface area (Å²) in [4.78, 5) is 53.1. The van der Waals surface area contributed by atoms with E-state index in [-0.39, 0.29) is 24.7 Å². The van der Waals surface area contributed by atoms with Gasteiger partial charge >= 0.3 is 5.97 Å². The lowest BCUT2D eigenvalue weighted by molar-refractivity contribution is -0.220. The Morgan fingerprint density at radius 1 is 1.05 bits per heavy atom. The molecule has 1 fully saturated rings. The number of aliphatic hydroxyl groups is 1. The number of carboxylic acid groups (broad SMARTS) is 1. The monoisotopic (exact) mass is 574 g/mol. The number of nitrogens with one attached hydrogen (secondary N) is 1. The van der Waals surface area contributed by atoms with Crippen molar-refractivity contribution < 1.29 is 43.3 Å². The molecule has 14 nitrogen and oxygen atoms in total. The van der Waals surface area contributed by atoms with Crippen molar-refractivity contribution in [2.45, 2.75) is 44.4 Å². The third-order valence-corrected chi connectivity index (χ3v) is 6.17. The van der Waals surface area contributed by atoms with Gasteiger partial charge in [0.1, 0.15) is 24.4 Å². The molecule has 1 amide bonds. The first-order valence-electron chi connectivity index (χ1n) is 12.8. The summed E-state index contributed by atoms with van der Waals surface area (Å²) < 4.78 is 23.0. The average molecular weight is 575 g/mol. The molecule has 2 aromatic heterocycles. The number of nitrogens with zero attached hydrogens (tertiary/aromatic N) is 5. The molecule has 0 bridgehead atoms. The number of rotatable bonds is 12. The number of likely N-dealkylation sites (tertiary alicyclic amines) is 1. The van der Waals surface area contributed by atoms with Crippen molar-refractivity contribution in [3.05, 3.63) is 48.2 Å². The molecule has 0 aliphatic carbocycles. The van der Waals surface area contributed by atoms with Crippen LogP contribution < -0.4 is 5.32 Å². The van der Waals surface area contributed by atoms with Crippen LogP contribution in [0, 0.1) is 5.82 Å². The van der Waals surface area contributed by atoms with Crippen molar-refractivity contribution in [3.63, 3.8) is 0 Å². The van der Waals surface area contributed by atoms with Crippen molar-refractivity contribution in [2.75, 3.05) is 31.6 Å². The average Bonchev–Trinajstić information content (AvgIpc) is 3.18. The highest BCUT2D eigenvalue weighted by atomic mass is 19.1. The number of amides is 1. The lowest BCUT2D eigenvalue weighted by Gasteiger charge is -2.22. The fourth-order valence-corrected chi connectivity index (χ4v) is 4.15. The molecule has 1 atom stereocenters. The van der Waals surface area contributed by atoms with Crippen molar-refractivity contribution in [1.82, 2.24) is 24.6 Å². The van der Waals surface area contributed by atoms with E-state index >= 15 is 0 Å². The zero-order valence-electron chi connectivity index (χ0n) is 22.1. The summed E-state index contributed by atoms with van der Waals surface area (Å²) in [6.07, 6.45) is 7.37. The minimum absolute atomic E-state index is 0.000976. The van der Waals surface area contributed by atoms with Gasteiger partial charge in [0.05, 0.1) is 18.1 Å². The van der Waals surface area contributed by atoms with Crippen LogP contribution in [0.25, 0.3) is 11.0 Å². The highest BCUT2D eigenvalue weighted by molar-refractivity contribution is 6.07. The molecule has 15 heteroatoms. The van der Waals surface area contributed by atoms with Gasteiger partial charge in [0.25, 0.3) is 24.6 Å². The van der Waals surface area contributed by atoms with Gasteiger partial charge in [-0.25, -0.2) is 19.0 Å². The van der Waals surface area contributed by atoms with Crippen LogP contribution >= 0.6 is 0 Å². The molecular weight excluding hydrogens is 543 g/mol. The van der Waals surface area contributed by atoms with Crippen LogP contribution in [0.3, 0.4) is 0 Å². The summed E-state index contributed by atoms with van der Waals surface area (Å²) in [6, 6.07) is 5.39. The minimum Gasteiger partial charge on any atom is -0.481 e. The van der Waals surface area contributed by atoms with E-state index in [1.54, 1.807) is 6.20 Å². The van der Waals surface area contributed by atoms with Crippen LogP contribution in [-0.2, 0) is 30.4 Å². The lowest BCUT2D eigenvalue weighted by Crippen LogP contribution is -2.39. The molecule has 0 saturated carbocycles.